The molecule has 20 heavy (non-hydrogen) atoms. The Hall–Kier alpha value is -0.740. The van der Waals surface area contributed by atoms with Crippen molar-refractivity contribution in [3.05, 3.63) is 0 Å². The van der Waals surface area contributed by atoms with E-state index in [4.69, 9.17) is 0 Å². The molecule has 0 amide bonds. The van der Waals surface area contributed by atoms with Crippen LogP contribution in [0.2, 0.25) is 0 Å². The third-order valence-electron chi connectivity index (χ3n) is 2.17. The van der Waals surface area contributed by atoms with Gasteiger partial charge >= 0.3 is 12.1 Å². The highest BCUT2D eigenvalue weighted by Gasteiger charge is 2.26. The summed E-state index contributed by atoms with van der Waals surface area (Å²) in [6, 6.07) is 0. The van der Waals surface area contributed by atoms with Crippen molar-refractivity contribution < 1.29 is 22.7 Å². The van der Waals surface area contributed by atoms with Crippen molar-refractivity contribution in [2.45, 2.75) is 26.4 Å². The number of halogens is 4. The van der Waals surface area contributed by atoms with Crippen LogP contribution in [-0.4, -0.2) is 44.8 Å². The Bertz CT molecular complexity index is 312. The highest BCUT2D eigenvalue weighted by molar-refractivity contribution is 14.0. The molecule has 2 N–H and O–H groups in total. The van der Waals surface area contributed by atoms with Crippen LogP contribution in [-0.2, 0) is 9.53 Å². The number of nitrogens with one attached hydrogen (secondary N) is 2. The average Bonchev–Trinajstić information content (AvgIpc) is 2.33. The van der Waals surface area contributed by atoms with Crippen molar-refractivity contribution in [1.82, 2.24) is 10.6 Å². The number of ether oxygens (including phenoxy) is 1. The van der Waals surface area contributed by atoms with Gasteiger partial charge in [-0.1, -0.05) is 6.92 Å². The standard InChI is InChI=1S/C11H20F3N3O2.HI/c1-4-15-10(16-6-5-11(12,13)14)17-7-8(2)9(18)19-3;/h8H,4-7H2,1-3H3,(H2,15,16,17);1H. The maximum Gasteiger partial charge on any atom is 0.390 e. The van der Waals surface area contributed by atoms with Crippen molar-refractivity contribution in [2.24, 2.45) is 10.9 Å². The maximum atomic E-state index is 12.0. The van der Waals surface area contributed by atoms with Crippen LogP contribution >= 0.6 is 24.0 Å². The zero-order chi connectivity index (χ0) is 14.9. The summed E-state index contributed by atoms with van der Waals surface area (Å²) in [5.41, 5.74) is 0. The minimum Gasteiger partial charge on any atom is -0.469 e. The Morgan fingerprint density at radius 3 is 2.40 bits per heavy atom. The van der Waals surface area contributed by atoms with Crippen molar-refractivity contribution in [2.75, 3.05) is 26.7 Å². The predicted octanol–water partition coefficient (Wildman–Crippen LogP) is 1.92. The van der Waals surface area contributed by atoms with Gasteiger partial charge in [-0.2, -0.15) is 13.2 Å². The van der Waals surface area contributed by atoms with E-state index in [1.165, 1.54) is 7.11 Å². The van der Waals surface area contributed by atoms with Crippen LogP contribution in [0.3, 0.4) is 0 Å². The Balaban J connectivity index is 0. The van der Waals surface area contributed by atoms with E-state index < -0.39 is 24.5 Å². The first kappa shape index (κ1) is 21.6. The molecule has 0 radical (unpaired) electrons. The summed E-state index contributed by atoms with van der Waals surface area (Å²) in [6.07, 6.45) is -5.15. The van der Waals surface area contributed by atoms with E-state index >= 15 is 0 Å². The highest BCUT2D eigenvalue weighted by atomic mass is 127. The van der Waals surface area contributed by atoms with Crippen LogP contribution in [0.5, 0.6) is 0 Å². The van der Waals surface area contributed by atoms with Gasteiger partial charge in [0.25, 0.3) is 0 Å². The summed E-state index contributed by atoms with van der Waals surface area (Å²) < 4.78 is 40.5. The molecular weight excluding hydrogens is 390 g/mol. The minimum atomic E-state index is -4.20. The number of aliphatic imine (C=N–C) groups is 1. The lowest BCUT2D eigenvalue weighted by atomic mass is 10.2. The van der Waals surface area contributed by atoms with Gasteiger partial charge in [-0.05, 0) is 6.92 Å². The Kier molecular flexibility index (Phi) is 11.8. The first-order chi connectivity index (χ1) is 8.80. The van der Waals surface area contributed by atoms with Gasteiger partial charge in [-0.3, -0.25) is 9.79 Å². The number of hydrogen-bond acceptors (Lipinski definition) is 3. The summed E-state index contributed by atoms with van der Waals surface area (Å²) in [5, 5.41) is 5.36. The lowest BCUT2D eigenvalue weighted by Crippen LogP contribution is -2.39. The van der Waals surface area contributed by atoms with E-state index in [0.29, 0.717) is 6.54 Å². The summed E-state index contributed by atoms with van der Waals surface area (Å²) in [6.45, 7) is 3.83. The van der Waals surface area contributed by atoms with E-state index in [0.717, 1.165) is 0 Å². The molecular formula is C11H21F3IN3O2. The third-order valence-corrected chi connectivity index (χ3v) is 2.17. The highest BCUT2D eigenvalue weighted by Crippen LogP contribution is 2.17. The van der Waals surface area contributed by atoms with E-state index in [1.54, 1.807) is 13.8 Å². The molecule has 0 heterocycles. The lowest BCUT2D eigenvalue weighted by molar-refractivity contribution is -0.144. The average molecular weight is 411 g/mol. The predicted molar refractivity (Wildman–Crippen MR) is 81.2 cm³/mol. The molecule has 0 aliphatic heterocycles. The molecule has 0 spiro atoms. The summed E-state index contributed by atoms with van der Waals surface area (Å²) in [7, 11) is 1.27. The largest absolute Gasteiger partial charge is 0.469 e. The zero-order valence-electron chi connectivity index (χ0n) is 11.7. The number of methoxy groups -OCH3 is 1. The normalized spacial score (nSPS) is 13.2. The second kappa shape index (κ2) is 11.0. The topological polar surface area (TPSA) is 62.7 Å². The van der Waals surface area contributed by atoms with Gasteiger partial charge in [0.2, 0.25) is 0 Å². The molecule has 120 valence electrons. The quantitative estimate of drug-likeness (QED) is 0.304. The van der Waals surface area contributed by atoms with Gasteiger partial charge in [0.1, 0.15) is 0 Å². The molecule has 9 heteroatoms. The number of carbonyl (C=O) groups excluding carboxylic acids is 1. The van der Waals surface area contributed by atoms with E-state index in [-0.39, 0.29) is 43.0 Å². The van der Waals surface area contributed by atoms with Crippen molar-refractivity contribution in [1.29, 1.82) is 0 Å². The van der Waals surface area contributed by atoms with Crippen molar-refractivity contribution in [3.63, 3.8) is 0 Å². The lowest BCUT2D eigenvalue weighted by Gasteiger charge is -2.13. The fourth-order valence-electron chi connectivity index (χ4n) is 1.17. The number of carbonyl (C=O) groups is 1. The summed E-state index contributed by atoms with van der Waals surface area (Å²) in [5.74, 6) is -0.597. The number of esters is 1. The fourth-order valence-corrected chi connectivity index (χ4v) is 1.17. The monoisotopic (exact) mass is 411 g/mol. The molecule has 0 aromatic carbocycles. The van der Waals surface area contributed by atoms with Gasteiger partial charge in [0.15, 0.2) is 5.96 Å². The van der Waals surface area contributed by atoms with Crippen molar-refractivity contribution in [3.8, 4) is 0 Å². The van der Waals surface area contributed by atoms with Crippen LogP contribution in [0.1, 0.15) is 20.3 Å². The molecule has 0 saturated heterocycles. The van der Waals surface area contributed by atoms with Gasteiger partial charge in [0.05, 0.1) is 26.0 Å². The number of alkyl halides is 3. The van der Waals surface area contributed by atoms with Gasteiger partial charge in [-0.25, -0.2) is 0 Å². The second-order valence-electron chi connectivity index (χ2n) is 3.94. The summed E-state index contributed by atoms with van der Waals surface area (Å²) in [4.78, 5) is 15.2. The molecule has 0 bridgehead atoms. The molecule has 0 rings (SSSR count). The van der Waals surface area contributed by atoms with Crippen LogP contribution in [0, 0.1) is 5.92 Å². The molecule has 0 aromatic rings. The van der Waals surface area contributed by atoms with Gasteiger partial charge < -0.3 is 15.4 Å². The molecule has 0 aliphatic carbocycles. The van der Waals surface area contributed by atoms with Crippen LogP contribution in [0.25, 0.3) is 0 Å². The fraction of sp³-hybridized carbons (Fsp3) is 0.818. The molecule has 1 atom stereocenters. The van der Waals surface area contributed by atoms with Gasteiger partial charge in [-0.15, -0.1) is 24.0 Å². The smallest absolute Gasteiger partial charge is 0.390 e. The molecule has 0 fully saturated rings. The Morgan fingerprint density at radius 2 is 1.95 bits per heavy atom. The van der Waals surface area contributed by atoms with Crippen LogP contribution < -0.4 is 10.6 Å². The third kappa shape index (κ3) is 11.1. The molecule has 0 aromatic heterocycles. The van der Waals surface area contributed by atoms with Crippen molar-refractivity contribution >= 4 is 35.9 Å². The molecule has 5 nitrogen and oxygen atoms in total. The zero-order valence-corrected chi connectivity index (χ0v) is 14.0. The maximum absolute atomic E-state index is 12.0. The number of nitrogens with zero attached hydrogens (tertiary/aromatic N) is 1. The number of guanidine groups is 1. The molecule has 0 aliphatic rings. The SMILES string of the molecule is CCNC(=NCC(C)C(=O)OC)NCCC(F)(F)F.I. The molecule has 1 unspecified atom stereocenters. The summed E-state index contributed by atoms with van der Waals surface area (Å²) >= 11 is 0. The Morgan fingerprint density at radius 1 is 1.35 bits per heavy atom. The minimum absolute atomic E-state index is 0. The number of rotatable bonds is 6. The van der Waals surface area contributed by atoms with Crippen LogP contribution in [0.15, 0.2) is 4.99 Å². The van der Waals surface area contributed by atoms with E-state index in [9.17, 15) is 18.0 Å². The van der Waals surface area contributed by atoms with E-state index in [1.807, 2.05) is 0 Å². The first-order valence-electron chi connectivity index (χ1n) is 5.97. The first-order valence-corrected chi connectivity index (χ1v) is 5.97. The Labute approximate surface area is 133 Å². The number of hydrogen-bond donors (Lipinski definition) is 2. The van der Waals surface area contributed by atoms with Gasteiger partial charge in [0, 0.05) is 13.1 Å². The second-order valence-corrected chi connectivity index (χ2v) is 3.94. The van der Waals surface area contributed by atoms with Crippen LogP contribution in [0.4, 0.5) is 13.2 Å². The van der Waals surface area contributed by atoms with E-state index in [2.05, 4.69) is 20.4 Å². The molecule has 0 saturated carbocycles.